The molecular weight excluding hydrogens is 1690 g/mol. The molecule has 0 radical (unpaired) electrons. The van der Waals surface area contributed by atoms with Crippen LogP contribution in [0.2, 0.25) is 0 Å². The van der Waals surface area contributed by atoms with Crippen LogP contribution in [-0.4, -0.2) is 19.9 Å². The van der Waals surface area contributed by atoms with Gasteiger partial charge in [-0.1, -0.05) is 413 Å². The van der Waals surface area contributed by atoms with Crippen molar-refractivity contribution in [2.24, 2.45) is 0 Å². The molecular formula is C135H79N5. The first-order valence-electron chi connectivity index (χ1n) is 47.9. The Balaban J connectivity index is 0.000000103. The maximum Gasteiger partial charge on any atom is 0.0991 e. The van der Waals surface area contributed by atoms with Crippen molar-refractivity contribution in [1.29, 1.82) is 5.26 Å². The number of benzene rings is 26. The highest BCUT2D eigenvalue weighted by molar-refractivity contribution is 6.31. The van der Waals surface area contributed by atoms with Crippen molar-refractivity contribution < 1.29 is 0 Å². The number of rotatable bonds is 9. The van der Waals surface area contributed by atoms with Crippen LogP contribution >= 0.6 is 0 Å². The second kappa shape index (κ2) is 32.3. The van der Waals surface area contributed by atoms with Crippen molar-refractivity contribution in [2.45, 2.75) is 0 Å². The van der Waals surface area contributed by atoms with Crippen LogP contribution in [0.3, 0.4) is 0 Å². The summed E-state index contributed by atoms with van der Waals surface area (Å²) in [5.41, 5.74) is 23.9. The molecule has 0 aliphatic rings. The molecule has 0 aliphatic carbocycles. The highest BCUT2D eigenvalue weighted by Gasteiger charge is 2.24. The van der Waals surface area contributed by atoms with Crippen molar-refractivity contribution in [1.82, 2.24) is 19.9 Å². The third-order valence-corrected chi connectivity index (χ3v) is 29.4. The number of aromatic nitrogens is 4. The van der Waals surface area contributed by atoms with E-state index in [2.05, 4.69) is 448 Å². The Morgan fingerprint density at radius 3 is 0.779 bits per heavy atom. The van der Waals surface area contributed by atoms with Crippen LogP contribution in [0.4, 0.5) is 0 Å². The molecule has 5 nitrogen and oxygen atoms in total. The summed E-state index contributed by atoms with van der Waals surface area (Å²) < 4.78 is 0. The largest absolute Gasteiger partial charge is 0.264 e. The fourth-order valence-electron chi connectivity index (χ4n) is 22.9. The van der Waals surface area contributed by atoms with Crippen molar-refractivity contribution in [3.05, 3.63) is 485 Å². The zero-order valence-electron chi connectivity index (χ0n) is 75.8. The molecule has 0 amide bonds. The van der Waals surface area contributed by atoms with Gasteiger partial charge >= 0.3 is 0 Å². The van der Waals surface area contributed by atoms with E-state index < -0.39 is 0 Å². The van der Waals surface area contributed by atoms with Gasteiger partial charge in [-0.15, -0.1) is 0 Å². The van der Waals surface area contributed by atoms with Crippen LogP contribution < -0.4 is 0 Å². The molecule has 0 aliphatic heterocycles. The van der Waals surface area contributed by atoms with Crippen molar-refractivity contribution >= 4 is 194 Å². The van der Waals surface area contributed by atoms with Gasteiger partial charge in [-0.2, -0.15) is 5.26 Å². The van der Waals surface area contributed by atoms with E-state index in [9.17, 15) is 5.26 Å². The second-order valence-corrected chi connectivity index (χ2v) is 37.2. The predicted octanol–water partition coefficient (Wildman–Crippen LogP) is 36.6. The quantitative estimate of drug-likeness (QED) is 0.135. The predicted molar refractivity (Wildman–Crippen MR) is 593 cm³/mol. The maximum absolute atomic E-state index is 9.32. The molecule has 30 rings (SSSR count). The minimum atomic E-state index is 0.655. The summed E-state index contributed by atoms with van der Waals surface area (Å²) in [6, 6.07) is 171. The van der Waals surface area contributed by atoms with Gasteiger partial charge < -0.3 is 0 Å². The van der Waals surface area contributed by atoms with E-state index >= 15 is 0 Å². The zero-order chi connectivity index (χ0) is 92.2. The highest BCUT2D eigenvalue weighted by atomic mass is 14.7. The van der Waals surface area contributed by atoms with Crippen LogP contribution in [0.1, 0.15) is 5.56 Å². The van der Waals surface area contributed by atoms with Crippen LogP contribution in [0.25, 0.3) is 295 Å². The Morgan fingerprint density at radius 2 is 0.421 bits per heavy atom. The number of nitrogens with zero attached hydrogens (tertiary/aromatic N) is 5. The summed E-state index contributed by atoms with van der Waals surface area (Å²) in [4.78, 5) is 20.6. The number of hydrogen-bond acceptors (Lipinski definition) is 5. The van der Waals surface area contributed by atoms with E-state index in [4.69, 9.17) is 15.0 Å². The highest BCUT2D eigenvalue weighted by Crippen LogP contribution is 2.49. The van der Waals surface area contributed by atoms with E-state index in [0.29, 0.717) is 5.56 Å². The van der Waals surface area contributed by atoms with Gasteiger partial charge in [0.05, 0.1) is 45.3 Å². The maximum atomic E-state index is 9.32. The molecule has 0 saturated carbocycles. The van der Waals surface area contributed by atoms with E-state index in [1.54, 1.807) is 0 Å². The minimum absolute atomic E-state index is 0.655. The summed E-state index contributed by atoms with van der Waals surface area (Å²) in [6.07, 6.45) is 3.73. The molecule has 5 heteroatoms. The van der Waals surface area contributed by atoms with E-state index in [-0.39, 0.29) is 0 Å². The van der Waals surface area contributed by atoms with Gasteiger partial charge in [0.15, 0.2) is 0 Å². The molecule has 0 fully saturated rings. The van der Waals surface area contributed by atoms with Gasteiger partial charge in [0, 0.05) is 83.1 Å². The van der Waals surface area contributed by atoms with E-state index in [1.165, 1.54) is 201 Å². The van der Waals surface area contributed by atoms with Gasteiger partial charge in [-0.3, -0.25) is 4.98 Å². The monoisotopic (exact) mass is 1770 g/mol. The van der Waals surface area contributed by atoms with E-state index in [1.807, 2.05) is 42.7 Å². The first-order valence-corrected chi connectivity index (χ1v) is 47.9. The average Bonchev–Trinajstić information content (AvgIpc) is 0.743. The minimum Gasteiger partial charge on any atom is -0.264 e. The lowest BCUT2D eigenvalue weighted by atomic mass is 9.89. The first kappa shape index (κ1) is 79.8. The molecule has 644 valence electrons. The average molecular weight is 1770 g/mol. The van der Waals surface area contributed by atoms with Gasteiger partial charge in [0.2, 0.25) is 0 Å². The first-order chi connectivity index (χ1) is 69.3. The standard InChI is InChI=1S/C46H26N2.C45H27N.C44H26N2/c47-27-28-11-13-29(14-12-28)34-20-23-40-42(26-34)48-46(41-24-17-30-5-1-2-10-38(30)45(40)41)36-9-4-8-35(25-36)37-21-18-33-16-15-31-6-3-7-32-19-22-39(37)44(33)43(31)32;1-2-8-28(9-3-1)33-21-24-39-41(27-33)46-45(40-25-18-29-10-4-5-15-37(29)44(39)40)35-14-7-13-34(26-35)36-22-19-32-17-16-30-11-6-12-31-20-23-38(36)43(32)42(30)31;1-2-12-36-27(6-1)15-22-39-43(36)38-21-18-31(34-11-5-23-45-26-34)25-40(38)46-44(39)33-10-4-9-32(24-33)35-19-16-30-14-13-28-7-3-8-29-17-20-37(35)42(30)41(28)29/h1-26H;1-27H;1-26H. The smallest absolute Gasteiger partial charge is 0.0991 e. The summed E-state index contributed by atoms with van der Waals surface area (Å²) >= 11 is 0. The Bertz CT molecular complexity index is 9980. The number of hydrogen-bond donors (Lipinski definition) is 0. The SMILES string of the molecule is N#Cc1ccc(-c2ccc3c(c2)nc(-c2cccc(-c4ccc5ccc6cccc7ccc4c5c67)c2)c2ccc4ccccc4c23)cc1.c1ccc(-c2ccc3c(c2)nc(-c2cccc(-c4ccc5ccc6cccc7ccc4c5c67)c2)c2ccc4ccccc4c23)cc1.c1cncc(-c2ccc3c(c2)nc(-c2cccc(-c4ccc5ccc6cccc7ccc4c5c67)c2)c2ccc4ccccc4c23)c1. The summed E-state index contributed by atoms with van der Waals surface area (Å²) in [7, 11) is 0. The molecule has 0 spiro atoms. The Hall–Kier alpha value is -18.7. The molecule has 140 heavy (non-hydrogen) atoms. The number of nitriles is 1. The number of pyridine rings is 4. The third-order valence-electron chi connectivity index (χ3n) is 29.4. The normalized spacial score (nSPS) is 11.8. The molecule has 30 aromatic rings. The summed E-state index contributed by atoms with van der Waals surface area (Å²) in [5.74, 6) is 0. The molecule has 0 N–H and O–H groups in total. The molecule has 26 aromatic carbocycles. The van der Waals surface area contributed by atoms with E-state index in [0.717, 1.165) is 94.1 Å². The summed E-state index contributed by atoms with van der Waals surface area (Å²) in [5, 5.41) is 50.7. The molecule has 0 bridgehead atoms. The molecule has 0 unspecified atom stereocenters. The van der Waals surface area contributed by atoms with Crippen molar-refractivity contribution in [3.8, 4) is 107 Å². The van der Waals surface area contributed by atoms with Crippen LogP contribution in [0.15, 0.2) is 480 Å². The lowest BCUT2D eigenvalue weighted by Gasteiger charge is -2.16. The van der Waals surface area contributed by atoms with Crippen LogP contribution in [0.5, 0.6) is 0 Å². The molecule has 0 atom stereocenters. The molecule has 4 aromatic heterocycles. The van der Waals surface area contributed by atoms with Crippen LogP contribution in [-0.2, 0) is 0 Å². The zero-order valence-corrected chi connectivity index (χ0v) is 75.8. The van der Waals surface area contributed by atoms with Gasteiger partial charge in [-0.25, -0.2) is 15.0 Å². The Labute approximate surface area is 805 Å². The van der Waals surface area contributed by atoms with Gasteiger partial charge in [0.25, 0.3) is 0 Å². The van der Waals surface area contributed by atoms with Gasteiger partial charge in [0.1, 0.15) is 0 Å². The Kier molecular flexibility index (Phi) is 18.4. The molecule has 4 heterocycles. The lowest BCUT2D eigenvalue weighted by molar-refractivity contribution is 1.33. The van der Waals surface area contributed by atoms with Crippen molar-refractivity contribution in [3.63, 3.8) is 0 Å². The molecule has 0 saturated heterocycles. The fourth-order valence-corrected chi connectivity index (χ4v) is 22.9. The summed E-state index contributed by atoms with van der Waals surface area (Å²) in [6.45, 7) is 0. The number of fused-ring (bicyclic) bond motifs is 15. The lowest BCUT2D eigenvalue weighted by Crippen LogP contribution is -1.93. The van der Waals surface area contributed by atoms with Crippen molar-refractivity contribution in [2.75, 3.05) is 0 Å². The fraction of sp³-hybridized carbons (Fsp3) is 0. The third kappa shape index (κ3) is 13.1. The second-order valence-electron chi connectivity index (χ2n) is 37.2. The van der Waals surface area contributed by atoms with Gasteiger partial charge in [-0.05, 0) is 245 Å². The van der Waals surface area contributed by atoms with Crippen LogP contribution in [0, 0.1) is 11.3 Å². The topological polar surface area (TPSA) is 75.3 Å². The Morgan fingerprint density at radius 1 is 0.157 bits per heavy atom.